The Morgan fingerprint density at radius 3 is 1.80 bits per heavy atom. The molecule has 0 radical (unpaired) electrons. The lowest BCUT2D eigenvalue weighted by molar-refractivity contribution is 0.554. The normalized spacial score (nSPS) is 12.0. The van der Waals surface area contributed by atoms with Crippen molar-refractivity contribution in [2.75, 3.05) is 14.1 Å². The third-order valence-corrected chi connectivity index (χ3v) is 0.600. The highest BCUT2D eigenvalue weighted by molar-refractivity contribution is 7.28. The lowest BCUT2D eigenvalue weighted by Gasteiger charge is -1.98. The summed E-state index contributed by atoms with van der Waals surface area (Å²) in [5.74, 6) is 0. The van der Waals surface area contributed by atoms with Crippen molar-refractivity contribution in [3.63, 3.8) is 0 Å². The molecule has 0 aliphatic heterocycles. The zero-order valence-electron chi connectivity index (χ0n) is 3.39. The third kappa shape index (κ3) is 4.35. The van der Waals surface area contributed by atoms with Gasteiger partial charge in [-0.15, -0.1) is 0 Å². The summed E-state index contributed by atoms with van der Waals surface area (Å²) in [5, 5.41) is 0. The number of hydrogen-bond acceptors (Lipinski definition) is 2. The maximum atomic E-state index is 8.10. The SMILES string of the molecule is CN(C)PO. The van der Waals surface area contributed by atoms with Crippen LogP contribution in [0, 0.1) is 0 Å². The molecule has 0 heterocycles. The van der Waals surface area contributed by atoms with Crippen LogP contribution < -0.4 is 0 Å². The van der Waals surface area contributed by atoms with Crippen molar-refractivity contribution in [2.45, 2.75) is 0 Å². The van der Waals surface area contributed by atoms with E-state index < -0.39 is 0 Å². The molecule has 0 aromatic heterocycles. The minimum atomic E-state index is -0.0525. The van der Waals surface area contributed by atoms with Crippen LogP contribution in [0.3, 0.4) is 0 Å². The predicted octanol–water partition coefficient (Wildman–Crippen LogP) is 0.0488. The Morgan fingerprint density at radius 1 is 1.60 bits per heavy atom. The van der Waals surface area contributed by atoms with Crippen molar-refractivity contribution in [3.05, 3.63) is 0 Å². The van der Waals surface area contributed by atoms with E-state index in [9.17, 15) is 0 Å². The fraction of sp³-hybridized carbons (Fsp3) is 1.00. The van der Waals surface area contributed by atoms with Crippen LogP contribution in [0.2, 0.25) is 0 Å². The number of nitrogens with zero attached hydrogens (tertiary/aromatic N) is 1. The van der Waals surface area contributed by atoms with Gasteiger partial charge in [0, 0.05) is 0 Å². The van der Waals surface area contributed by atoms with Gasteiger partial charge < -0.3 is 4.89 Å². The van der Waals surface area contributed by atoms with Crippen molar-refractivity contribution in [1.29, 1.82) is 0 Å². The van der Waals surface area contributed by atoms with Crippen LogP contribution in [0.4, 0.5) is 0 Å². The second-order valence-corrected chi connectivity index (χ2v) is 2.09. The summed E-state index contributed by atoms with van der Waals surface area (Å²) in [4.78, 5) is 8.10. The minimum absolute atomic E-state index is 0.0525. The van der Waals surface area contributed by atoms with Gasteiger partial charge in [-0.2, -0.15) is 0 Å². The Labute approximate surface area is 33.7 Å². The third-order valence-electron chi connectivity index (χ3n) is 0.200. The van der Waals surface area contributed by atoms with Gasteiger partial charge in [0.2, 0.25) is 0 Å². The van der Waals surface area contributed by atoms with Gasteiger partial charge in [-0.25, -0.2) is 0 Å². The molecule has 0 saturated heterocycles. The largest absolute Gasteiger partial charge is 0.361 e. The average molecular weight is 93.1 g/mol. The smallest absolute Gasteiger partial charge is 0.0847 e. The Hall–Kier alpha value is 0.350. The van der Waals surface area contributed by atoms with E-state index in [4.69, 9.17) is 4.89 Å². The molecule has 1 N–H and O–H groups in total. The molecule has 0 aromatic carbocycles. The first-order valence-corrected chi connectivity index (χ1v) is 2.24. The number of hydrogen-bond donors (Lipinski definition) is 1. The van der Waals surface area contributed by atoms with E-state index in [0.29, 0.717) is 0 Å². The fourth-order valence-electron chi connectivity index (χ4n) is 0. The molecule has 1 unspecified atom stereocenters. The first-order valence-electron chi connectivity index (χ1n) is 1.34. The van der Waals surface area contributed by atoms with Crippen LogP contribution in [-0.4, -0.2) is 23.7 Å². The van der Waals surface area contributed by atoms with Crippen LogP contribution in [0.25, 0.3) is 0 Å². The van der Waals surface area contributed by atoms with Crippen LogP contribution in [0.1, 0.15) is 0 Å². The number of rotatable bonds is 1. The van der Waals surface area contributed by atoms with Crippen molar-refractivity contribution >= 4 is 8.96 Å². The molecule has 0 spiro atoms. The zero-order valence-corrected chi connectivity index (χ0v) is 4.39. The summed E-state index contributed by atoms with van der Waals surface area (Å²) < 4.78 is 1.71. The van der Waals surface area contributed by atoms with Gasteiger partial charge in [0.25, 0.3) is 0 Å². The van der Waals surface area contributed by atoms with Crippen molar-refractivity contribution in [1.82, 2.24) is 4.67 Å². The van der Waals surface area contributed by atoms with Gasteiger partial charge in [0.15, 0.2) is 0 Å². The molecule has 2 nitrogen and oxygen atoms in total. The quantitative estimate of drug-likeness (QED) is 0.463. The van der Waals surface area contributed by atoms with Gasteiger partial charge in [-0.1, -0.05) is 0 Å². The second kappa shape index (κ2) is 2.58. The Kier molecular flexibility index (Phi) is 2.76. The molecule has 1 atom stereocenters. The first-order chi connectivity index (χ1) is 2.27. The van der Waals surface area contributed by atoms with Crippen LogP contribution in [-0.2, 0) is 0 Å². The molecule has 5 heavy (non-hydrogen) atoms. The highest BCUT2D eigenvalue weighted by Crippen LogP contribution is 2.00. The van der Waals surface area contributed by atoms with Gasteiger partial charge >= 0.3 is 0 Å². The van der Waals surface area contributed by atoms with Gasteiger partial charge in [0.1, 0.15) is 0 Å². The summed E-state index contributed by atoms with van der Waals surface area (Å²) in [6, 6.07) is 0. The molecule has 0 amide bonds. The first kappa shape index (κ1) is 5.35. The molecular formula is C2H8NOP. The Balaban J connectivity index is 2.54. The van der Waals surface area contributed by atoms with E-state index in [0.717, 1.165) is 0 Å². The molecular weight excluding hydrogens is 85.0 g/mol. The van der Waals surface area contributed by atoms with Gasteiger partial charge in [0.05, 0.1) is 8.96 Å². The molecule has 3 heteroatoms. The summed E-state index contributed by atoms with van der Waals surface area (Å²) in [6.45, 7) is 0. The lowest BCUT2D eigenvalue weighted by atomic mass is 11.3. The summed E-state index contributed by atoms with van der Waals surface area (Å²) in [6.07, 6.45) is 0. The van der Waals surface area contributed by atoms with E-state index in [1.807, 2.05) is 14.1 Å². The van der Waals surface area contributed by atoms with Crippen molar-refractivity contribution in [2.24, 2.45) is 0 Å². The topological polar surface area (TPSA) is 23.5 Å². The standard InChI is InChI=1S/C2H8NOP/c1-3(2)5-4/h4-5H,1-2H3. The Morgan fingerprint density at radius 2 is 1.80 bits per heavy atom. The van der Waals surface area contributed by atoms with Crippen LogP contribution in [0.15, 0.2) is 0 Å². The highest BCUT2D eigenvalue weighted by atomic mass is 31.1. The van der Waals surface area contributed by atoms with E-state index in [1.165, 1.54) is 0 Å². The molecule has 0 aliphatic carbocycles. The predicted molar refractivity (Wildman–Crippen MR) is 24.2 cm³/mol. The summed E-state index contributed by atoms with van der Waals surface area (Å²) >= 11 is 0. The minimum Gasteiger partial charge on any atom is -0.361 e. The van der Waals surface area contributed by atoms with Crippen molar-refractivity contribution in [3.8, 4) is 0 Å². The summed E-state index contributed by atoms with van der Waals surface area (Å²) in [7, 11) is 3.58. The summed E-state index contributed by atoms with van der Waals surface area (Å²) in [5.41, 5.74) is 0. The van der Waals surface area contributed by atoms with Crippen molar-refractivity contribution < 1.29 is 4.89 Å². The van der Waals surface area contributed by atoms with Crippen LogP contribution >= 0.6 is 8.96 Å². The van der Waals surface area contributed by atoms with Gasteiger partial charge in [-0.3, -0.25) is 4.67 Å². The maximum Gasteiger partial charge on any atom is 0.0847 e. The van der Waals surface area contributed by atoms with E-state index in [-0.39, 0.29) is 8.96 Å². The second-order valence-electron chi connectivity index (χ2n) is 0.994. The molecule has 0 aliphatic rings. The zero-order chi connectivity index (χ0) is 4.28. The molecule has 0 rings (SSSR count). The van der Waals surface area contributed by atoms with E-state index in [1.54, 1.807) is 4.67 Å². The molecule has 0 fully saturated rings. The van der Waals surface area contributed by atoms with E-state index >= 15 is 0 Å². The monoisotopic (exact) mass is 93.0 g/mol. The molecule has 32 valence electrons. The average Bonchev–Trinajstić information content (AvgIpc) is 1.38. The highest BCUT2D eigenvalue weighted by Gasteiger charge is 1.74. The fourth-order valence-corrected chi connectivity index (χ4v) is 0. The van der Waals surface area contributed by atoms with Crippen LogP contribution in [0.5, 0.6) is 0 Å². The van der Waals surface area contributed by atoms with Gasteiger partial charge in [-0.05, 0) is 14.1 Å². The molecule has 0 aromatic rings. The maximum absolute atomic E-state index is 8.10. The lowest BCUT2D eigenvalue weighted by Crippen LogP contribution is -1.93. The Bertz CT molecular complexity index is 23.6. The molecule has 0 saturated carbocycles. The van der Waals surface area contributed by atoms with E-state index in [2.05, 4.69) is 0 Å². The molecule has 0 bridgehead atoms.